The maximum atomic E-state index is 5.79. The van der Waals surface area contributed by atoms with Gasteiger partial charge in [0.25, 0.3) is 0 Å². The van der Waals surface area contributed by atoms with Gasteiger partial charge in [-0.15, -0.1) is 0 Å². The second-order valence-corrected chi connectivity index (χ2v) is 6.17. The Morgan fingerprint density at radius 2 is 1.82 bits per heavy atom. The topological polar surface area (TPSA) is 32.5 Å². The summed E-state index contributed by atoms with van der Waals surface area (Å²) in [4.78, 5) is 5.52. The van der Waals surface area contributed by atoms with Crippen LogP contribution in [-0.4, -0.2) is 54.6 Å². The molecule has 4 aliphatic heterocycles. The van der Waals surface area contributed by atoms with Crippen molar-refractivity contribution >= 4 is 0 Å². The molecule has 2 bridgehead atoms. The lowest BCUT2D eigenvalue weighted by molar-refractivity contribution is -0.0275. The molecular formula is C14H27N3. The van der Waals surface area contributed by atoms with E-state index in [1.54, 1.807) is 0 Å². The summed E-state index contributed by atoms with van der Waals surface area (Å²) in [5.41, 5.74) is 5.79. The quantitative estimate of drug-likeness (QED) is 0.803. The number of likely N-dealkylation sites (tertiary alicyclic amines) is 1. The van der Waals surface area contributed by atoms with Crippen LogP contribution in [0.25, 0.3) is 0 Å². The van der Waals surface area contributed by atoms with Crippen molar-refractivity contribution in [1.29, 1.82) is 0 Å². The Balaban J connectivity index is 1.68. The summed E-state index contributed by atoms with van der Waals surface area (Å²) in [6.45, 7) is 6.25. The van der Waals surface area contributed by atoms with Gasteiger partial charge in [0.1, 0.15) is 0 Å². The number of hydrogen-bond acceptors (Lipinski definition) is 3. The molecular weight excluding hydrogens is 210 g/mol. The second kappa shape index (κ2) is 5.25. The van der Waals surface area contributed by atoms with Crippen LogP contribution < -0.4 is 5.73 Å². The molecule has 3 nitrogen and oxygen atoms in total. The molecule has 4 heterocycles. The Hall–Kier alpha value is -0.120. The highest BCUT2D eigenvalue weighted by atomic mass is 15.3. The van der Waals surface area contributed by atoms with Gasteiger partial charge in [-0.3, -0.25) is 4.90 Å². The van der Waals surface area contributed by atoms with Crippen LogP contribution in [0.3, 0.4) is 0 Å². The molecule has 0 aromatic heterocycles. The molecule has 4 rings (SSSR count). The van der Waals surface area contributed by atoms with Gasteiger partial charge < -0.3 is 10.6 Å². The van der Waals surface area contributed by atoms with Gasteiger partial charge in [0, 0.05) is 18.6 Å². The van der Waals surface area contributed by atoms with E-state index in [9.17, 15) is 0 Å². The van der Waals surface area contributed by atoms with Crippen LogP contribution in [0.2, 0.25) is 0 Å². The molecule has 0 saturated carbocycles. The van der Waals surface area contributed by atoms with Gasteiger partial charge in [-0.05, 0) is 64.2 Å². The number of piperidine rings is 4. The standard InChI is InChI=1S/C14H27N3/c15-7-4-13-3-1-2-8-17(13)14-11-16-9-5-12(14)6-10-16/h12-14H,1-11,15H2. The van der Waals surface area contributed by atoms with Crippen LogP contribution in [0, 0.1) is 5.92 Å². The van der Waals surface area contributed by atoms with Crippen molar-refractivity contribution < 1.29 is 0 Å². The van der Waals surface area contributed by atoms with Crippen molar-refractivity contribution in [2.45, 2.75) is 50.6 Å². The van der Waals surface area contributed by atoms with Crippen molar-refractivity contribution in [3.63, 3.8) is 0 Å². The van der Waals surface area contributed by atoms with Crippen LogP contribution in [0.5, 0.6) is 0 Å². The van der Waals surface area contributed by atoms with Gasteiger partial charge in [0.15, 0.2) is 0 Å². The first-order valence-corrected chi connectivity index (χ1v) is 7.56. The number of nitrogens with two attached hydrogens (primary N) is 1. The maximum absolute atomic E-state index is 5.79. The summed E-state index contributed by atoms with van der Waals surface area (Å²) < 4.78 is 0. The van der Waals surface area contributed by atoms with E-state index in [-0.39, 0.29) is 0 Å². The smallest absolute Gasteiger partial charge is 0.0255 e. The zero-order valence-electron chi connectivity index (χ0n) is 11.0. The van der Waals surface area contributed by atoms with Gasteiger partial charge in [0.2, 0.25) is 0 Å². The number of fused-ring (bicyclic) bond motifs is 3. The molecule has 0 radical (unpaired) electrons. The largest absolute Gasteiger partial charge is 0.330 e. The first kappa shape index (κ1) is 11.9. The predicted octanol–water partition coefficient (Wildman–Crippen LogP) is 1.28. The van der Waals surface area contributed by atoms with Gasteiger partial charge >= 0.3 is 0 Å². The summed E-state index contributed by atoms with van der Waals surface area (Å²) in [6, 6.07) is 1.65. The van der Waals surface area contributed by atoms with E-state index in [1.165, 1.54) is 64.7 Å². The van der Waals surface area contributed by atoms with E-state index in [2.05, 4.69) is 9.80 Å². The van der Waals surface area contributed by atoms with Crippen molar-refractivity contribution in [3.8, 4) is 0 Å². The zero-order chi connectivity index (χ0) is 11.7. The minimum Gasteiger partial charge on any atom is -0.330 e. The molecule has 0 amide bonds. The molecule has 17 heavy (non-hydrogen) atoms. The molecule has 3 heteroatoms. The summed E-state index contributed by atoms with van der Waals surface area (Å²) in [5, 5.41) is 0. The van der Waals surface area contributed by atoms with Gasteiger partial charge in [0.05, 0.1) is 0 Å². The highest BCUT2D eigenvalue weighted by Crippen LogP contribution is 2.34. The fourth-order valence-electron chi connectivity index (χ4n) is 4.27. The average molecular weight is 237 g/mol. The van der Waals surface area contributed by atoms with E-state index >= 15 is 0 Å². The first-order valence-electron chi connectivity index (χ1n) is 7.56. The van der Waals surface area contributed by atoms with Gasteiger partial charge in [-0.1, -0.05) is 6.42 Å². The minimum atomic E-state index is 0.791. The maximum Gasteiger partial charge on any atom is 0.0255 e. The Kier molecular flexibility index (Phi) is 3.69. The lowest BCUT2D eigenvalue weighted by atomic mass is 9.81. The van der Waals surface area contributed by atoms with Crippen molar-refractivity contribution in [1.82, 2.24) is 9.80 Å². The summed E-state index contributed by atoms with van der Waals surface area (Å²) in [5.74, 6) is 0.985. The summed E-state index contributed by atoms with van der Waals surface area (Å²) in [6.07, 6.45) is 8.31. The molecule has 0 aromatic carbocycles. The molecule has 0 aromatic rings. The van der Waals surface area contributed by atoms with E-state index in [0.717, 1.165) is 24.5 Å². The van der Waals surface area contributed by atoms with Crippen molar-refractivity contribution in [2.75, 3.05) is 32.7 Å². The normalized spacial score (nSPS) is 42.9. The van der Waals surface area contributed by atoms with Crippen molar-refractivity contribution in [2.24, 2.45) is 11.7 Å². The molecule has 4 saturated heterocycles. The summed E-state index contributed by atoms with van der Waals surface area (Å²) >= 11 is 0. The Morgan fingerprint density at radius 3 is 2.47 bits per heavy atom. The minimum absolute atomic E-state index is 0.791. The van der Waals surface area contributed by atoms with Crippen LogP contribution in [0.15, 0.2) is 0 Å². The highest BCUT2D eigenvalue weighted by molar-refractivity contribution is 4.95. The second-order valence-electron chi connectivity index (χ2n) is 6.17. The molecule has 98 valence electrons. The fraction of sp³-hybridized carbons (Fsp3) is 1.00. The summed E-state index contributed by atoms with van der Waals surface area (Å²) in [7, 11) is 0. The Bertz CT molecular complexity index is 246. The highest BCUT2D eigenvalue weighted by Gasteiger charge is 2.40. The van der Waals surface area contributed by atoms with Crippen LogP contribution in [0.4, 0.5) is 0 Å². The number of rotatable bonds is 3. The predicted molar refractivity (Wildman–Crippen MR) is 71.0 cm³/mol. The molecule has 4 aliphatic rings. The average Bonchev–Trinajstić information content (AvgIpc) is 2.41. The molecule has 2 atom stereocenters. The van der Waals surface area contributed by atoms with Crippen molar-refractivity contribution in [3.05, 3.63) is 0 Å². The van der Waals surface area contributed by atoms with Crippen LogP contribution in [0.1, 0.15) is 38.5 Å². The van der Waals surface area contributed by atoms with Gasteiger partial charge in [-0.2, -0.15) is 0 Å². The lowest BCUT2D eigenvalue weighted by Gasteiger charge is -2.52. The Morgan fingerprint density at radius 1 is 1.00 bits per heavy atom. The first-order chi connectivity index (χ1) is 8.38. The molecule has 0 spiro atoms. The van der Waals surface area contributed by atoms with E-state index in [1.807, 2.05) is 0 Å². The third kappa shape index (κ3) is 2.38. The monoisotopic (exact) mass is 237 g/mol. The molecule has 2 N–H and O–H groups in total. The fourth-order valence-corrected chi connectivity index (χ4v) is 4.27. The molecule has 0 aliphatic carbocycles. The SMILES string of the molecule is NCCC1CCCCN1C1CN2CCC1CC2. The lowest BCUT2D eigenvalue weighted by Crippen LogP contribution is -2.60. The van der Waals surface area contributed by atoms with Crippen LogP contribution in [-0.2, 0) is 0 Å². The number of nitrogens with zero attached hydrogens (tertiary/aromatic N) is 2. The van der Waals surface area contributed by atoms with E-state index in [4.69, 9.17) is 5.73 Å². The van der Waals surface area contributed by atoms with E-state index in [0.29, 0.717) is 0 Å². The third-order valence-corrected chi connectivity index (χ3v) is 5.22. The Labute approximate surface area is 105 Å². The third-order valence-electron chi connectivity index (χ3n) is 5.22. The number of hydrogen-bond donors (Lipinski definition) is 1. The molecule has 4 fully saturated rings. The van der Waals surface area contributed by atoms with Gasteiger partial charge in [-0.25, -0.2) is 0 Å². The van der Waals surface area contributed by atoms with Crippen LogP contribution >= 0.6 is 0 Å². The molecule has 2 unspecified atom stereocenters. The van der Waals surface area contributed by atoms with E-state index < -0.39 is 0 Å². The zero-order valence-corrected chi connectivity index (χ0v) is 11.0.